The van der Waals surface area contributed by atoms with Gasteiger partial charge in [-0.25, -0.2) is 9.97 Å². The van der Waals surface area contributed by atoms with Crippen LogP contribution >= 0.6 is 11.3 Å². The van der Waals surface area contributed by atoms with Crippen LogP contribution < -0.4 is 15.6 Å². The molecule has 0 fully saturated rings. The first kappa shape index (κ1) is 19.8. The molecule has 0 saturated carbocycles. The molecule has 0 atom stereocenters. The molecule has 7 nitrogen and oxygen atoms in total. The van der Waals surface area contributed by atoms with E-state index in [-0.39, 0.29) is 6.61 Å². The maximum absolute atomic E-state index is 12.5. The Morgan fingerprint density at radius 3 is 2.57 bits per heavy atom. The van der Waals surface area contributed by atoms with Gasteiger partial charge < -0.3 is 4.74 Å². The third-order valence-electron chi connectivity index (χ3n) is 4.31. The minimum atomic E-state index is -0.445. The fraction of sp³-hybridized carbons (Fsp3) is 0.300. The highest BCUT2D eigenvalue weighted by Crippen LogP contribution is 2.31. The van der Waals surface area contributed by atoms with Gasteiger partial charge in [-0.3, -0.25) is 20.4 Å². The van der Waals surface area contributed by atoms with Crippen molar-refractivity contribution in [2.75, 3.05) is 6.61 Å². The summed E-state index contributed by atoms with van der Waals surface area (Å²) in [6.07, 6.45) is 0. The zero-order valence-corrected chi connectivity index (χ0v) is 17.3. The number of thiophene rings is 1. The van der Waals surface area contributed by atoms with E-state index in [1.165, 1.54) is 11.3 Å². The van der Waals surface area contributed by atoms with Gasteiger partial charge in [0.05, 0.1) is 4.88 Å². The van der Waals surface area contributed by atoms with Gasteiger partial charge in [0.1, 0.15) is 16.4 Å². The third kappa shape index (κ3) is 4.12. The molecule has 0 spiro atoms. The Balaban J connectivity index is 1.63. The van der Waals surface area contributed by atoms with Gasteiger partial charge in [-0.15, -0.1) is 11.3 Å². The summed E-state index contributed by atoms with van der Waals surface area (Å²) in [7, 11) is 0. The molecular weight excluding hydrogens is 376 g/mol. The molecule has 0 aliphatic carbocycles. The average Bonchev–Trinajstić information content (AvgIpc) is 2.97. The van der Waals surface area contributed by atoms with Gasteiger partial charge in [0.2, 0.25) is 0 Å². The van der Waals surface area contributed by atoms with Crippen LogP contribution in [0.3, 0.4) is 0 Å². The van der Waals surface area contributed by atoms with Crippen molar-refractivity contribution in [3.63, 3.8) is 0 Å². The van der Waals surface area contributed by atoms with Crippen LogP contribution in [0, 0.1) is 34.6 Å². The Labute approximate surface area is 167 Å². The van der Waals surface area contributed by atoms with E-state index in [9.17, 15) is 9.59 Å². The molecule has 3 aromatic rings. The Bertz CT molecular complexity index is 1070. The van der Waals surface area contributed by atoms with Crippen molar-refractivity contribution in [1.82, 2.24) is 20.8 Å². The Morgan fingerprint density at radius 1 is 1.07 bits per heavy atom. The fourth-order valence-corrected chi connectivity index (χ4v) is 4.09. The molecule has 0 bridgehead atoms. The van der Waals surface area contributed by atoms with Crippen LogP contribution in [-0.2, 0) is 4.79 Å². The molecule has 8 heteroatoms. The van der Waals surface area contributed by atoms with Crippen LogP contribution in [0.4, 0.5) is 0 Å². The summed E-state index contributed by atoms with van der Waals surface area (Å²) in [5.41, 5.74) is 8.45. The summed E-state index contributed by atoms with van der Waals surface area (Å²) in [5, 5.41) is 0.880. The van der Waals surface area contributed by atoms with Crippen molar-refractivity contribution < 1.29 is 14.3 Å². The quantitative estimate of drug-likeness (QED) is 0.659. The topological polar surface area (TPSA) is 93.2 Å². The van der Waals surface area contributed by atoms with Crippen molar-refractivity contribution >= 4 is 33.4 Å². The van der Waals surface area contributed by atoms with Gasteiger partial charge in [0.25, 0.3) is 11.8 Å². The second-order valence-electron chi connectivity index (χ2n) is 6.65. The molecule has 28 heavy (non-hydrogen) atoms. The van der Waals surface area contributed by atoms with Crippen LogP contribution in [0.5, 0.6) is 5.75 Å². The minimum Gasteiger partial charge on any atom is -0.483 e. The highest BCUT2D eigenvalue weighted by Gasteiger charge is 2.19. The van der Waals surface area contributed by atoms with Gasteiger partial charge in [0.15, 0.2) is 6.61 Å². The number of nitrogens with zero attached hydrogens (tertiary/aromatic N) is 2. The molecule has 0 unspecified atom stereocenters. The summed E-state index contributed by atoms with van der Waals surface area (Å²) in [4.78, 5) is 34.5. The number of carbonyl (C=O) groups is 2. The lowest BCUT2D eigenvalue weighted by molar-refractivity contribution is -0.123. The van der Waals surface area contributed by atoms with Crippen LogP contribution in [0.2, 0.25) is 0 Å². The van der Waals surface area contributed by atoms with E-state index in [0.29, 0.717) is 16.5 Å². The van der Waals surface area contributed by atoms with Crippen LogP contribution in [-0.4, -0.2) is 28.4 Å². The predicted octanol–water partition coefficient (Wildman–Crippen LogP) is 3.07. The number of carbonyl (C=O) groups excluding carboxylic acids is 2. The fourth-order valence-electron chi connectivity index (χ4n) is 2.92. The summed E-state index contributed by atoms with van der Waals surface area (Å²) in [6, 6.07) is 5.78. The van der Waals surface area contributed by atoms with E-state index in [1.54, 1.807) is 0 Å². The molecule has 0 saturated heterocycles. The van der Waals surface area contributed by atoms with Gasteiger partial charge >= 0.3 is 0 Å². The van der Waals surface area contributed by atoms with Crippen LogP contribution in [0.1, 0.15) is 37.9 Å². The van der Waals surface area contributed by atoms with Gasteiger partial charge in [0, 0.05) is 11.1 Å². The average molecular weight is 398 g/mol. The van der Waals surface area contributed by atoms with Crippen molar-refractivity contribution in [3.05, 3.63) is 51.3 Å². The maximum atomic E-state index is 12.5. The van der Waals surface area contributed by atoms with E-state index >= 15 is 0 Å². The van der Waals surface area contributed by atoms with Crippen molar-refractivity contribution in [2.24, 2.45) is 0 Å². The van der Waals surface area contributed by atoms with E-state index in [4.69, 9.17) is 4.74 Å². The van der Waals surface area contributed by atoms with Crippen molar-refractivity contribution in [3.8, 4) is 5.75 Å². The summed E-state index contributed by atoms with van der Waals surface area (Å²) in [6.45, 7) is 9.23. The molecule has 2 heterocycles. The number of hydrogen-bond acceptors (Lipinski definition) is 6. The van der Waals surface area contributed by atoms with E-state index in [1.807, 2.05) is 52.8 Å². The van der Waals surface area contributed by atoms with Crippen molar-refractivity contribution in [1.29, 1.82) is 0 Å². The SMILES string of the molecule is Cc1ccc(C)c(OCC(=O)NNC(=O)c2sc3nc(C)nc(C)c3c2C)c1. The Hall–Kier alpha value is -3.00. The molecule has 2 aromatic heterocycles. The number of amides is 2. The molecule has 2 amide bonds. The zero-order valence-electron chi connectivity index (χ0n) is 16.5. The first-order valence-electron chi connectivity index (χ1n) is 8.80. The second-order valence-corrected chi connectivity index (χ2v) is 7.65. The Morgan fingerprint density at radius 2 is 1.82 bits per heavy atom. The molecule has 2 N–H and O–H groups in total. The molecule has 3 rings (SSSR count). The lowest BCUT2D eigenvalue weighted by Crippen LogP contribution is -2.43. The first-order valence-corrected chi connectivity index (χ1v) is 9.61. The lowest BCUT2D eigenvalue weighted by atomic mass is 10.1. The molecule has 0 aliphatic rings. The number of ether oxygens (including phenoxy) is 1. The first-order chi connectivity index (χ1) is 13.3. The van der Waals surface area contributed by atoms with Crippen molar-refractivity contribution in [2.45, 2.75) is 34.6 Å². The number of aromatic nitrogens is 2. The highest BCUT2D eigenvalue weighted by atomic mass is 32.1. The number of rotatable bonds is 4. The van der Waals surface area contributed by atoms with Gasteiger partial charge in [-0.1, -0.05) is 12.1 Å². The number of aryl methyl sites for hydroxylation is 5. The summed E-state index contributed by atoms with van der Waals surface area (Å²) >= 11 is 1.28. The maximum Gasteiger partial charge on any atom is 0.280 e. The highest BCUT2D eigenvalue weighted by molar-refractivity contribution is 7.20. The van der Waals surface area contributed by atoms with Gasteiger partial charge in [-0.05, 0) is 57.4 Å². The standard InChI is InChI=1S/C20H22N4O3S/c1-10-6-7-11(2)15(8-10)27-9-16(25)23-24-19(26)18-12(3)17-13(4)21-14(5)22-20(17)28-18/h6-8H,9H2,1-5H3,(H,23,25)(H,24,26). The smallest absolute Gasteiger partial charge is 0.280 e. The number of hydrazine groups is 1. The molecule has 1 aromatic carbocycles. The molecule has 146 valence electrons. The summed E-state index contributed by atoms with van der Waals surface area (Å²) in [5.74, 6) is 0.471. The Kier molecular flexibility index (Phi) is 5.60. The van der Waals surface area contributed by atoms with E-state index < -0.39 is 11.8 Å². The molecular formula is C20H22N4O3S. The number of nitrogens with one attached hydrogen (secondary N) is 2. The molecule has 0 aliphatic heterocycles. The molecule has 0 radical (unpaired) electrons. The van der Waals surface area contributed by atoms with Crippen LogP contribution in [0.15, 0.2) is 18.2 Å². The van der Waals surface area contributed by atoms with E-state index in [2.05, 4.69) is 20.8 Å². The second kappa shape index (κ2) is 7.93. The normalized spacial score (nSPS) is 10.8. The number of hydrogen-bond donors (Lipinski definition) is 2. The lowest BCUT2D eigenvalue weighted by Gasteiger charge is -2.11. The number of fused-ring (bicyclic) bond motifs is 1. The monoisotopic (exact) mass is 398 g/mol. The predicted molar refractivity (Wildman–Crippen MR) is 109 cm³/mol. The third-order valence-corrected chi connectivity index (χ3v) is 5.49. The minimum absolute atomic E-state index is 0.195. The van der Waals surface area contributed by atoms with Gasteiger partial charge in [-0.2, -0.15) is 0 Å². The zero-order chi connectivity index (χ0) is 20.4. The number of benzene rings is 1. The summed E-state index contributed by atoms with van der Waals surface area (Å²) < 4.78 is 5.54. The van der Waals surface area contributed by atoms with Crippen LogP contribution in [0.25, 0.3) is 10.2 Å². The largest absolute Gasteiger partial charge is 0.483 e. The van der Waals surface area contributed by atoms with E-state index in [0.717, 1.165) is 32.6 Å².